The van der Waals surface area contributed by atoms with Crippen molar-refractivity contribution >= 4 is 28.6 Å². The Morgan fingerprint density at radius 2 is 1.96 bits per heavy atom. The van der Waals surface area contributed by atoms with Crippen LogP contribution in [0.15, 0.2) is 53.4 Å². The molecule has 0 unspecified atom stereocenters. The van der Waals surface area contributed by atoms with Crippen LogP contribution in [0.5, 0.6) is 0 Å². The number of aromatic nitrogens is 5. The maximum atomic E-state index is 4.72. The minimum absolute atomic E-state index is 0.399. The highest BCUT2D eigenvalue weighted by atomic mass is 32.1. The van der Waals surface area contributed by atoms with Gasteiger partial charge in [-0.3, -0.25) is 0 Å². The van der Waals surface area contributed by atoms with E-state index >= 15 is 0 Å². The summed E-state index contributed by atoms with van der Waals surface area (Å²) in [5, 5.41) is 20.9. The molecule has 0 saturated carbocycles. The average molecular weight is 377 g/mol. The molecular weight excluding hydrogens is 358 g/mol. The van der Waals surface area contributed by atoms with E-state index in [2.05, 4.69) is 36.8 Å². The largest absolute Gasteiger partial charge is 0.366 e. The number of nitrogens with zero attached hydrogens (tertiary/aromatic N) is 6. The van der Waals surface area contributed by atoms with E-state index in [4.69, 9.17) is 5.10 Å². The predicted octanol–water partition coefficient (Wildman–Crippen LogP) is 3.33. The average Bonchev–Trinajstić information content (AvgIpc) is 3.38. The van der Waals surface area contributed by atoms with E-state index < -0.39 is 0 Å². The molecule has 4 aromatic rings. The van der Waals surface area contributed by atoms with Gasteiger partial charge in [0.2, 0.25) is 0 Å². The van der Waals surface area contributed by atoms with Crippen LogP contribution in [0.25, 0.3) is 17.0 Å². The zero-order valence-electron chi connectivity index (χ0n) is 14.7. The van der Waals surface area contributed by atoms with Crippen LogP contribution in [-0.2, 0) is 0 Å². The monoisotopic (exact) mass is 377 g/mol. The van der Waals surface area contributed by atoms with Crippen LogP contribution >= 0.6 is 11.3 Å². The summed E-state index contributed by atoms with van der Waals surface area (Å²) in [5.74, 6) is 2.69. The molecule has 0 aromatic carbocycles. The molecule has 5 rings (SSSR count). The molecule has 136 valence electrons. The fourth-order valence-electron chi connectivity index (χ4n) is 3.44. The Morgan fingerprint density at radius 3 is 2.74 bits per heavy atom. The Morgan fingerprint density at radius 1 is 1.04 bits per heavy atom. The number of piperidine rings is 1. The minimum atomic E-state index is 0.399. The van der Waals surface area contributed by atoms with Crippen molar-refractivity contribution in [1.82, 2.24) is 24.8 Å². The van der Waals surface area contributed by atoms with Crippen LogP contribution in [0, 0.1) is 0 Å². The van der Waals surface area contributed by atoms with Crippen molar-refractivity contribution in [2.75, 3.05) is 23.3 Å². The van der Waals surface area contributed by atoms with Gasteiger partial charge in [-0.15, -0.1) is 15.3 Å². The van der Waals surface area contributed by atoms with Crippen molar-refractivity contribution < 1.29 is 0 Å². The number of nitrogens with one attached hydrogen (secondary N) is 1. The van der Waals surface area contributed by atoms with Crippen molar-refractivity contribution in [2.24, 2.45) is 0 Å². The quantitative estimate of drug-likeness (QED) is 0.588. The smallest absolute Gasteiger partial charge is 0.186 e. The number of hydrogen-bond acceptors (Lipinski definition) is 7. The standard InChI is InChI=1S/C19H19N7S/c1-2-9-20-17(3-1)25-10-6-15(7-11-25)21-16-4-5-18-22-23-19(26(18)24-16)14-8-12-27-13-14/h1-5,8-9,12-13,15H,6-7,10-11H2,(H,21,24). The van der Waals surface area contributed by atoms with Gasteiger partial charge in [-0.2, -0.15) is 15.9 Å². The Kier molecular flexibility index (Phi) is 4.17. The van der Waals surface area contributed by atoms with Gasteiger partial charge in [0.15, 0.2) is 11.5 Å². The highest BCUT2D eigenvalue weighted by Gasteiger charge is 2.20. The van der Waals surface area contributed by atoms with Crippen molar-refractivity contribution in [1.29, 1.82) is 0 Å². The summed E-state index contributed by atoms with van der Waals surface area (Å²) in [6.07, 6.45) is 3.95. The van der Waals surface area contributed by atoms with Gasteiger partial charge < -0.3 is 10.2 Å². The summed E-state index contributed by atoms with van der Waals surface area (Å²) in [5.41, 5.74) is 1.80. The first-order valence-corrected chi connectivity index (χ1v) is 9.99. The molecule has 7 nitrogen and oxygen atoms in total. The lowest BCUT2D eigenvalue weighted by Gasteiger charge is -2.33. The molecule has 0 radical (unpaired) electrons. The molecule has 0 bridgehead atoms. The molecule has 0 atom stereocenters. The second-order valence-electron chi connectivity index (χ2n) is 6.62. The first kappa shape index (κ1) is 16.2. The normalized spacial score (nSPS) is 15.3. The molecule has 5 heterocycles. The Labute approximate surface area is 160 Å². The molecule has 1 saturated heterocycles. The van der Waals surface area contributed by atoms with Crippen LogP contribution in [0.4, 0.5) is 11.6 Å². The Bertz CT molecular complexity index is 1020. The molecule has 1 aliphatic heterocycles. The molecule has 0 spiro atoms. The van der Waals surface area contributed by atoms with E-state index in [1.54, 1.807) is 11.3 Å². The second-order valence-corrected chi connectivity index (χ2v) is 7.40. The second kappa shape index (κ2) is 6.96. The molecule has 4 aromatic heterocycles. The molecule has 0 aliphatic carbocycles. The number of fused-ring (bicyclic) bond motifs is 1. The summed E-state index contributed by atoms with van der Waals surface area (Å²) in [4.78, 5) is 6.79. The van der Waals surface area contributed by atoms with Crippen LogP contribution in [0.3, 0.4) is 0 Å². The van der Waals surface area contributed by atoms with E-state index in [-0.39, 0.29) is 0 Å². The predicted molar refractivity (Wildman–Crippen MR) is 107 cm³/mol. The van der Waals surface area contributed by atoms with Gasteiger partial charge in [0.25, 0.3) is 0 Å². The van der Waals surface area contributed by atoms with E-state index in [0.717, 1.165) is 54.6 Å². The van der Waals surface area contributed by atoms with E-state index in [1.165, 1.54) is 0 Å². The highest BCUT2D eigenvalue weighted by Crippen LogP contribution is 2.22. The topological polar surface area (TPSA) is 71.2 Å². The van der Waals surface area contributed by atoms with Crippen molar-refractivity contribution in [3.63, 3.8) is 0 Å². The SMILES string of the molecule is c1ccc(N2CCC(Nc3ccc4nnc(-c5ccsc5)n4n3)CC2)nc1. The zero-order chi connectivity index (χ0) is 18.1. The van der Waals surface area contributed by atoms with Crippen LogP contribution in [0.1, 0.15) is 12.8 Å². The zero-order valence-corrected chi connectivity index (χ0v) is 15.5. The lowest BCUT2D eigenvalue weighted by Crippen LogP contribution is -2.39. The molecule has 1 N–H and O–H groups in total. The first-order valence-electron chi connectivity index (χ1n) is 9.04. The van der Waals surface area contributed by atoms with Gasteiger partial charge in [-0.1, -0.05) is 6.07 Å². The third kappa shape index (κ3) is 3.23. The number of rotatable bonds is 4. The highest BCUT2D eigenvalue weighted by molar-refractivity contribution is 7.08. The van der Waals surface area contributed by atoms with Gasteiger partial charge in [-0.25, -0.2) is 4.98 Å². The van der Waals surface area contributed by atoms with Crippen molar-refractivity contribution in [2.45, 2.75) is 18.9 Å². The molecule has 0 amide bonds. The third-order valence-electron chi connectivity index (χ3n) is 4.86. The third-order valence-corrected chi connectivity index (χ3v) is 5.55. The number of hydrogen-bond donors (Lipinski definition) is 1. The summed E-state index contributed by atoms with van der Waals surface area (Å²) in [7, 11) is 0. The first-order chi connectivity index (χ1) is 13.4. The molecule has 27 heavy (non-hydrogen) atoms. The van der Waals surface area contributed by atoms with Gasteiger partial charge in [-0.05, 0) is 48.6 Å². The fourth-order valence-corrected chi connectivity index (χ4v) is 4.07. The van der Waals surface area contributed by atoms with Gasteiger partial charge in [0.1, 0.15) is 11.6 Å². The van der Waals surface area contributed by atoms with Gasteiger partial charge in [0, 0.05) is 36.3 Å². The Hall–Kier alpha value is -3.00. The summed E-state index contributed by atoms with van der Waals surface area (Å²) in [6, 6.07) is 12.4. The molecular formula is C19H19N7S. The van der Waals surface area contributed by atoms with Gasteiger partial charge in [0.05, 0.1) is 0 Å². The summed E-state index contributed by atoms with van der Waals surface area (Å²) in [6.45, 7) is 1.98. The lowest BCUT2D eigenvalue weighted by molar-refractivity contribution is 0.521. The maximum Gasteiger partial charge on any atom is 0.186 e. The Balaban J connectivity index is 1.30. The molecule has 8 heteroatoms. The van der Waals surface area contributed by atoms with Crippen LogP contribution < -0.4 is 10.2 Å². The summed E-state index contributed by atoms with van der Waals surface area (Å²) >= 11 is 1.64. The van der Waals surface area contributed by atoms with Crippen LogP contribution in [0.2, 0.25) is 0 Å². The van der Waals surface area contributed by atoms with Gasteiger partial charge >= 0.3 is 0 Å². The number of thiophene rings is 1. The van der Waals surface area contributed by atoms with E-state index in [0.29, 0.717) is 6.04 Å². The van der Waals surface area contributed by atoms with Crippen molar-refractivity contribution in [3.05, 3.63) is 53.4 Å². The summed E-state index contributed by atoms with van der Waals surface area (Å²) < 4.78 is 1.81. The fraction of sp³-hybridized carbons (Fsp3) is 0.263. The van der Waals surface area contributed by atoms with Crippen LogP contribution in [-0.4, -0.2) is 43.9 Å². The number of pyridine rings is 1. The van der Waals surface area contributed by atoms with Crippen molar-refractivity contribution in [3.8, 4) is 11.4 Å². The molecule has 1 aliphatic rings. The number of anilines is 2. The minimum Gasteiger partial charge on any atom is -0.366 e. The van der Waals surface area contributed by atoms with E-state index in [1.807, 2.05) is 46.4 Å². The molecule has 1 fully saturated rings. The van der Waals surface area contributed by atoms with E-state index in [9.17, 15) is 0 Å². The maximum absolute atomic E-state index is 4.72. The lowest BCUT2D eigenvalue weighted by atomic mass is 10.1.